The monoisotopic (exact) mass is 322 g/mol. The molecule has 0 saturated heterocycles. The molecule has 2 aromatic heterocycles. The molecule has 0 fully saturated rings. The van der Waals surface area contributed by atoms with Gasteiger partial charge < -0.3 is 15.2 Å². The van der Waals surface area contributed by atoms with Gasteiger partial charge in [0.2, 0.25) is 0 Å². The van der Waals surface area contributed by atoms with Crippen LogP contribution in [0.4, 0.5) is 10.5 Å². The minimum atomic E-state index is -0.324. The predicted octanol–water partition coefficient (Wildman–Crippen LogP) is 3.93. The third-order valence-corrected chi connectivity index (χ3v) is 3.67. The highest BCUT2D eigenvalue weighted by Crippen LogP contribution is 2.30. The van der Waals surface area contributed by atoms with Crippen molar-refractivity contribution in [3.05, 3.63) is 66.1 Å². The van der Waals surface area contributed by atoms with E-state index in [-0.39, 0.29) is 12.1 Å². The first-order valence-corrected chi connectivity index (χ1v) is 7.64. The van der Waals surface area contributed by atoms with Gasteiger partial charge in [-0.1, -0.05) is 41.6 Å². The van der Waals surface area contributed by atoms with Crippen molar-refractivity contribution in [2.75, 3.05) is 5.32 Å². The van der Waals surface area contributed by atoms with Gasteiger partial charge in [-0.25, -0.2) is 4.79 Å². The van der Waals surface area contributed by atoms with E-state index >= 15 is 0 Å². The number of urea groups is 1. The Morgan fingerprint density at radius 1 is 1.17 bits per heavy atom. The molecule has 6 nitrogen and oxygen atoms in total. The molecule has 1 aromatic carbocycles. The maximum Gasteiger partial charge on any atom is 0.319 e. The van der Waals surface area contributed by atoms with E-state index in [9.17, 15) is 4.79 Å². The first kappa shape index (κ1) is 15.7. The van der Waals surface area contributed by atoms with Crippen LogP contribution in [-0.2, 0) is 0 Å². The Hall–Kier alpha value is -3.15. The zero-order valence-corrected chi connectivity index (χ0v) is 13.5. The van der Waals surface area contributed by atoms with E-state index in [4.69, 9.17) is 4.52 Å². The number of pyridine rings is 1. The summed E-state index contributed by atoms with van der Waals surface area (Å²) >= 11 is 0. The number of carbonyl (C=O) groups is 1. The van der Waals surface area contributed by atoms with Crippen molar-refractivity contribution in [3.8, 4) is 11.3 Å². The van der Waals surface area contributed by atoms with Crippen LogP contribution in [-0.4, -0.2) is 16.2 Å². The number of nitrogens with zero attached hydrogens (tertiary/aromatic N) is 2. The number of carbonyl (C=O) groups excluding carboxylic acids is 1. The van der Waals surface area contributed by atoms with Crippen LogP contribution in [0.25, 0.3) is 11.3 Å². The van der Waals surface area contributed by atoms with E-state index in [1.165, 1.54) is 0 Å². The number of hydrogen-bond acceptors (Lipinski definition) is 4. The van der Waals surface area contributed by atoms with Crippen LogP contribution >= 0.6 is 0 Å². The maximum absolute atomic E-state index is 12.3. The van der Waals surface area contributed by atoms with E-state index in [0.717, 1.165) is 11.1 Å². The number of aryl methyl sites for hydroxylation is 1. The summed E-state index contributed by atoms with van der Waals surface area (Å²) in [5.74, 6) is 0.539. The van der Waals surface area contributed by atoms with Crippen molar-refractivity contribution in [1.29, 1.82) is 0 Å². The number of aromatic nitrogens is 2. The molecule has 3 rings (SSSR count). The number of rotatable bonds is 4. The second kappa shape index (κ2) is 6.95. The second-order valence-corrected chi connectivity index (χ2v) is 5.44. The molecule has 0 radical (unpaired) electrons. The topological polar surface area (TPSA) is 80.0 Å². The Labute approximate surface area is 139 Å². The van der Waals surface area contributed by atoms with E-state index in [1.54, 1.807) is 19.3 Å². The smallest absolute Gasteiger partial charge is 0.319 e. The molecule has 0 saturated carbocycles. The van der Waals surface area contributed by atoms with Gasteiger partial charge in [-0.3, -0.25) is 4.98 Å². The molecule has 6 heteroatoms. The quantitative estimate of drug-likeness (QED) is 0.762. The third-order valence-electron chi connectivity index (χ3n) is 3.67. The van der Waals surface area contributed by atoms with E-state index in [0.29, 0.717) is 17.1 Å². The molecular formula is C18H18N4O2. The Morgan fingerprint density at radius 3 is 2.67 bits per heavy atom. The molecule has 2 heterocycles. The Morgan fingerprint density at radius 2 is 1.96 bits per heavy atom. The highest BCUT2D eigenvalue weighted by Gasteiger charge is 2.18. The number of hydrogen-bond donors (Lipinski definition) is 2. The fourth-order valence-electron chi connectivity index (χ4n) is 2.37. The average Bonchev–Trinajstić information content (AvgIpc) is 2.97. The predicted molar refractivity (Wildman–Crippen MR) is 91.5 cm³/mol. The van der Waals surface area contributed by atoms with Crippen molar-refractivity contribution in [3.63, 3.8) is 0 Å². The number of benzene rings is 1. The van der Waals surface area contributed by atoms with Crippen LogP contribution in [0.5, 0.6) is 0 Å². The van der Waals surface area contributed by atoms with Gasteiger partial charge in [0.25, 0.3) is 0 Å². The normalized spacial score (nSPS) is 11.8. The zero-order chi connectivity index (χ0) is 16.9. The lowest BCUT2D eigenvalue weighted by atomic mass is 10.1. The highest BCUT2D eigenvalue weighted by molar-refractivity contribution is 5.94. The minimum absolute atomic E-state index is 0.168. The molecule has 1 atom stereocenters. The van der Waals surface area contributed by atoms with Crippen LogP contribution in [0.15, 0.2) is 59.4 Å². The van der Waals surface area contributed by atoms with Gasteiger partial charge in [-0.15, -0.1) is 0 Å². The number of nitrogens with one attached hydrogen (secondary N) is 2. The molecule has 2 amide bonds. The largest absolute Gasteiger partial charge is 0.354 e. The Balaban J connectivity index is 1.74. The first-order chi connectivity index (χ1) is 11.6. The van der Waals surface area contributed by atoms with E-state index in [1.807, 2.05) is 49.4 Å². The van der Waals surface area contributed by atoms with Crippen LogP contribution in [0.2, 0.25) is 0 Å². The Kier molecular flexibility index (Phi) is 4.56. The molecule has 0 aliphatic heterocycles. The molecular weight excluding hydrogens is 304 g/mol. The molecule has 0 bridgehead atoms. The van der Waals surface area contributed by atoms with Crippen molar-refractivity contribution in [2.24, 2.45) is 0 Å². The molecule has 2 N–H and O–H groups in total. The standard InChI is InChI=1S/C18H18N4O2/c1-12(15-9-6-10-19-11-15)20-18(23)21-16-13(2)22-24-17(16)14-7-4-3-5-8-14/h3-12H,1-2H3,(H2,20,21,23). The first-order valence-electron chi connectivity index (χ1n) is 7.64. The second-order valence-electron chi connectivity index (χ2n) is 5.44. The molecule has 3 aromatic rings. The molecule has 1 unspecified atom stereocenters. The lowest BCUT2D eigenvalue weighted by Gasteiger charge is -2.14. The summed E-state index contributed by atoms with van der Waals surface area (Å²) in [6, 6.07) is 12.8. The molecule has 24 heavy (non-hydrogen) atoms. The molecule has 0 aliphatic rings. The van der Waals surface area contributed by atoms with Crippen LogP contribution in [0.1, 0.15) is 24.2 Å². The van der Waals surface area contributed by atoms with Crippen molar-refractivity contribution < 1.29 is 9.32 Å². The van der Waals surface area contributed by atoms with Crippen LogP contribution < -0.4 is 10.6 Å². The summed E-state index contributed by atoms with van der Waals surface area (Å²) < 4.78 is 5.37. The highest BCUT2D eigenvalue weighted by atomic mass is 16.5. The fourth-order valence-corrected chi connectivity index (χ4v) is 2.37. The van der Waals surface area contributed by atoms with Gasteiger partial charge >= 0.3 is 6.03 Å². The molecule has 0 spiro atoms. The van der Waals surface area contributed by atoms with E-state index < -0.39 is 0 Å². The van der Waals surface area contributed by atoms with E-state index in [2.05, 4.69) is 20.8 Å². The van der Waals surface area contributed by atoms with Gasteiger partial charge in [0.1, 0.15) is 11.4 Å². The van der Waals surface area contributed by atoms with Gasteiger partial charge in [0.05, 0.1) is 6.04 Å². The minimum Gasteiger partial charge on any atom is -0.354 e. The summed E-state index contributed by atoms with van der Waals surface area (Å²) in [5, 5.41) is 9.67. The lowest BCUT2D eigenvalue weighted by Crippen LogP contribution is -2.31. The number of amides is 2. The lowest BCUT2D eigenvalue weighted by molar-refractivity contribution is 0.249. The Bertz CT molecular complexity index is 816. The van der Waals surface area contributed by atoms with Crippen LogP contribution in [0, 0.1) is 6.92 Å². The van der Waals surface area contributed by atoms with Crippen molar-refractivity contribution in [2.45, 2.75) is 19.9 Å². The van der Waals surface area contributed by atoms with Gasteiger partial charge in [0, 0.05) is 18.0 Å². The van der Waals surface area contributed by atoms with Crippen molar-refractivity contribution in [1.82, 2.24) is 15.5 Å². The van der Waals surface area contributed by atoms with Crippen molar-refractivity contribution >= 4 is 11.7 Å². The molecule has 0 aliphatic carbocycles. The summed E-state index contributed by atoms with van der Waals surface area (Å²) in [4.78, 5) is 16.4. The molecule has 122 valence electrons. The summed E-state index contributed by atoms with van der Waals surface area (Å²) in [7, 11) is 0. The number of anilines is 1. The van der Waals surface area contributed by atoms with Gasteiger partial charge in [-0.2, -0.15) is 0 Å². The third kappa shape index (κ3) is 3.43. The summed E-state index contributed by atoms with van der Waals surface area (Å²) in [5.41, 5.74) is 2.97. The zero-order valence-electron chi connectivity index (χ0n) is 13.5. The average molecular weight is 322 g/mol. The van der Waals surface area contributed by atoms with Crippen LogP contribution in [0.3, 0.4) is 0 Å². The van der Waals surface area contributed by atoms with Gasteiger partial charge in [-0.05, 0) is 25.5 Å². The van der Waals surface area contributed by atoms with Gasteiger partial charge in [0.15, 0.2) is 5.76 Å². The SMILES string of the molecule is Cc1noc(-c2ccccc2)c1NC(=O)NC(C)c1cccnc1. The summed E-state index contributed by atoms with van der Waals surface area (Å²) in [6.45, 7) is 3.69. The fraction of sp³-hybridized carbons (Fsp3) is 0.167. The maximum atomic E-state index is 12.3. The summed E-state index contributed by atoms with van der Waals surface area (Å²) in [6.07, 6.45) is 3.42.